The summed E-state index contributed by atoms with van der Waals surface area (Å²) in [7, 11) is 0. The van der Waals surface area contributed by atoms with Crippen LogP contribution in [0.2, 0.25) is 0 Å². The fraction of sp³-hybridized carbons (Fsp3) is 0.400. The summed E-state index contributed by atoms with van der Waals surface area (Å²) in [6.45, 7) is 5.80. The molecule has 7 heteroatoms. The Morgan fingerprint density at radius 1 is 1.00 bits per heavy atom. The summed E-state index contributed by atoms with van der Waals surface area (Å²) in [4.78, 5) is 0. The molecule has 0 fully saturated rings. The van der Waals surface area contributed by atoms with Crippen LogP contribution in [0.15, 0.2) is 36.4 Å². The zero-order valence-electron chi connectivity index (χ0n) is 15.3. The first-order valence-corrected chi connectivity index (χ1v) is 9.02. The zero-order chi connectivity index (χ0) is 19.4. The Hall–Kier alpha value is -2.41. The standard InChI is InChI=1S/C20H22F3NO3/c1-3-25-17-11-14-9-10-24-19(16(14)12-18(17)26-4-2)13-5-7-15(8-6-13)27-20(21,22)23/h5-8,11-12,19,24H,3-4,9-10H2,1-2H3/p+1/t19-/m0/s1. The van der Waals surface area contributed by atoms with Gasteiger partial charge in [0.05, 0.1) is 19.8 Å². The topological polar surface area (TPSA) is 44.3 Å². The van der Waals surface area contributed by atoms with Gasteiger partial charge in [0.1, 0.15) is 11.8 Å². The second kappa shape index (κ2) is 8.08. The molecule has 3 rings (SSSR count). The molecule has 27 heavy (non-hydrogen) atoms. The fourth-order valence-corrected chi connectivity index (χ4v) is 3.39. The van der Waals surface area contributed by atoms with Crippen molar-refractivity contribution in [3.05, 3.63) is 53.1 Å². The van der Waals surface area contributed by atoms with E-state index in [-0.39, 0.29) is 11.8 Å². The van der Waals surface area contributed by atoms with Crippen LogP contribution in [-0.4, -0.2) is 26.1 Å². The van der Waals surface area contributed by atoms with E-state index in [4.69, 9.17) is 9.47 Å². The van der Waals surface area contributed by atoms with Crippen LogP contribution in [0.3, 0.4) is 0 Å². The summed E-state index contributed by atoms with van der Waals surface area (Å²) in [5.41, 5.74) is 3.18. The smallest absolute Gasteiger partial charge is 0.490 e. The lowest BCUT2D eigenvalue weighted by Gasteiger charge is -2.26. The molecule has 0 aliphatic carbocycles. The third-order valence-electron chi connectivity index (χ3n) is 4.43. The maximum absolute atomic E-state index is 12.4. The van der Waals surface area contributed by atoms with E-state index in [0.717, 1.165) is 29.8 Å². The summed E-state index contributed by atoms with van der Waals surface area (Å²) in [6.07, 6.45) is -3.79. The van der Waals surface area contributed by atoms with Gasteiger partial charge in [-0.05, 0) is 55.8 Å². The van der Waals surface area contributed by atoms with Gasteiger partial charge in [0.25, 0.3) is 0 Å². The van der Waals surface area contributed by atoms with Gasteiger partial charge in [-0.2, -0.15) is 0 Å². The molecule has 0 amide bonds. The van der Waals surface area contributed by atoms with Crippen molar-refractivity contribution >= 4 is 0 Å². The Morgan fingerprint density at radius 2 is 1.63 bits per heavy atom. The van der Waals surface area contributed by atoms with Gasteiger partial charge in [-0.15, -0.1) is 13.2 Å². The minimum atomic E-state index is -4.69. The molecular formula is C20H23F3NO3+. The van der Waals surface area contributed by atoms with Crippen LogP contribution < -0.4 is 19.5 Å². The van der Waals surface area contributed by atoms with E-state index in [1.165, 1.54) is 17.7 Å². The van der Waals surface area contributed by atoms with Gasteiger partial charge >= 0.3 is 6.36 Å². The van der Waals surface area contributed by atoms with E-state index in [1.807, 2.05) is 26.0 Å². The third kappa shape index (κ3) is 4.66. The van der Waals surface area contributed by atoms with E-state index in [2.05, 4.69) is 10.1 Å². The van der Waals surface area contributed by atoms with E-state index in [1.54, 1.807) is 12.1 Å². The monoisotopic (exact) mass is 382 g/mol. The number of hydrogen-bond donors (Lipinski definition) is 1. The summed E-state index contributed by atoms with van der Waals surface area (Å²) in [6, 6.07) is 10.0. The zero-order valence-corrected chi connectivity index (χ0v) is 15.3. The van der Waals surface area contributed by atoms with Gasteiger partial charge in [-0.3, -0.25) is 0 Å². The molecule has 2 aromatic carbocycles. The van der Waals surface area contributed by atoms with Crippen LogP contribution in [0, 0.1) is 0 Å². The highest BCUT2D eigenvalue weighted by atomic mass is 19.4. The molecule has 1 aliphatic rings. The highest BCUT2D eigenvalue weighted by Gasteiger charge is 2.32. The highest BCUT2D eigenvalue weighted by molar-refractivity contribution is 5.50. The van der Waals surface area contributed by atoms with Crippen LogP contribution in [0.5, 0.6) is 17.2 Å². The molecular weight excluding hydrogens is 359 g/mol. The number of halogens is 3. The number of fused-ring (bicyclic) bond motifs is 1. The van der Waals surface area contributed by atoms with Crippen LogP contribution in [0.1, 0.15) is 36.6 Å². The van der Waals surface area contributed by atoms with E-state index in [0.29, 0.717) is 19.0 Å². The van der Waals surface area contributed by atoms with Gasteiger partial charge in [0, 0.05) is 17.5 Å². The average Bonchev–Trinajstić information content (AvgIpc) is 2.62. The number of benzene rings is 2. The van der Waals surface area contributed by atoms with Gasteiger partial charge in [-0.1, -0.05) is 0 Å². The molecule has 146 valence electrons. The molecule has 2 aromatic rings. The Balaban J connectivity index is 1.92. The van der Waals surface area contributed by atoms with E-state index in [9.17, 15) is 13.2 Å². The summed E-state index contributed by atoms with van der Waals surface area (Å²) < 4.78 is 52.5. The van der Waals surface area contributed by atoms with Gasteiger partial charge < -0.3 is 19.5 Å². The van der Waals surface area contributed by atoms with Crippen LogP contribution in [0.4, 0.5) is 13.2 Å². The Morgan fingerprint density at radius 3 is 2.22 bits per heavy atom. The predicted octanol–water partition coefficient (Wildman–Crippen LogP) is 3.59. The van der Waals surface area contributed by atoms with Crippen LogP contribution >= 0.6 is 0 Å². The molecule has 4 nitrogen and oxygen atoms in total. The molecule has 0 saturated heterocycles. The maximum Gasteiger partial charge on any atom is 0.573 e. The second-order valence-electron chi connectivity index (χ2n) is 6.23. The van der Waals surface area contributed by atoms with Gasteiger partial charge in [0.15, 0.2) is 11.5 Å². The number of rotatable bonds is 6. The largest absolute Gasteiger partial charge is 0.573 e. The number of alkyl halides is 3. The maximum atomic E-state index is 12.4. The van der Waals surface area contributed by atoms with Crippen molar-refractivity contribution in [1.82, 2.24) is 0 Å². The first kappa shape index (κ1) is 19.4. The van der Waals surface area contributed by atoms with E-state index >= 15 is 0 Å². The molecule has 0 saturated carbocycles. The molecule has 0 spiro atoms. The quantitative estimate of drug-likeness (QED) is 0.831. The third-order valence-corrected chi connectivity index (χ3v) is 4.43. The number of ether oxygens (including phenoxy) is 3. The molecule has 1 atom stereocenters. The Bertz CT molecular complexity index is 775. The number of nitrogens with two attached hydrogens (primary N) is 1. The normalized spacial score (nSPS) is 16.6. The lowest BCUT2D eigenvalue weighted by molar-refractivity contribution is -0.690. The van der Waals surface area contributed by atoms with Gasteiger partial charge in [0.2, 0.25) is 0 Å². The van der Waals surface area contributed by atoms with Gasteiger partial charge in [-0.25, -0.2) is 0 Å². The summed E-state index contributed by atoms with van der Waals surface area (Å²) in [5, 5.41) is 2.18. The van der Waals surface area contributed by atoms with Crippen molar-refractivity contribution in [1.29, 1.82) is 0 Å². The summed E-state index contributed by atoms with van der Waals surface area (Å²) in [5.74, 6) is 1.20. The van der Waals surface area contributed by atoms with E-state index < -0.39 is 6.36 Å². The Labute approximate surface area is 156 Å². The van der Waals surface area contributed by atoms with Crippen molar-refractivity contribution in [2.45, 2.75) is 32.7 Å². The SMILES string of the molecule is CCOc1cc2c(cc1OCC)[C@H](c1ccc(OC(F)(F)F)cc1)[NH2+]CC2. The Kier molecular flexibility index (Phi) is 5.79. The molecule has 1 heterocycles. The highest BCUT2D eigenvalue weighted by Crippen LogP contribution is 2.36. The second-order valence-corrected chi connectivity index (χ2v) is 6.23. The van der Waals surface area contributed by atoms with Crippen molar-refractivity contribution in [3.63, 3.8) is 0 Å². The number of quaternary nitrogens is 1. The fourth-order valence-electron chi connectivity index (χ4n) is 3.39. The van der Waals surface area contributed by atoms with Crippen molar-refractivity contribution in [2.75, 3.05) is 19.8 Å². The minimum absolute atomic E-state index is 0.0106. The first-order chi connectivity index (χ1) is 12.9. The number of hydrogen-bond acceptors (Lipinski definition) is 3. The predicted molar refractivity (Wildman–Crippen MR) is 94.2 cm³/mol. The molecule has 2 N–H and O–H groups in total. The van der Waals surface area contributed by atoms with Crippen LogP contribution in [0.25, 0.3) is 0 Å². The van der Waals surface area contributed by atoms with Crippen molar-refractivity contribution in [3.8, 4) is 17.2 Å². The lowest BCUT2D eigenvalue weighted by atomic mass is 9.89. The summed E-state index contributed by atoms with van der Waals surface area (Å²) >= 11 is 0. The average molecular weight is 382 g/mol. The van der Waals surface area contributed by atoms with Crippen molar-refractivity contribution in [2.24, 2.45) is 0 Å². The first-order valence-electron chi connectivity index (χ1n) is 9.02. The van der Waals surface area contributed by atoms with Crippen molar-refractivity contribution < 1.29 is 32.7 Å². The molecule has 0 unspecified atom stereocenters. The molecule has 1 aliphatic heterocycles. The molecule has 0 aromatic heterocycles. The lowest BCUT2D eigenvalue weighted by Crippen LogP contribution is -2.87. The minimum Gasteiger partial charge on any atom is -0.490 e. The van der Waals surface area contributed by atoms with Crippen LogP contribution in [-0.2, 0) is 6.42 Å². The molecule has 0 bridgehead atoms. The molecule has 0 radical (unpaired) electrons.